The molecule has 3 aliphatic rings. The van der Waals surface area contributed by atoms with E-state index in [0.29, 0.717) is 41.9 Å². The van der Waals surface area contributed by atoms with Crippen molar-refractivity contribution < 1.29 is 9.90 Å². The van der Waals surface area contributed by atoms with E-state index in [0.717, 1.165) is 56.7 Å². The summed E-state index contributed by atoms with van der Waals surface area (Å²) in [7, 11) is 0. The molecule has 1 aliphatic carbocycles. The van der Waals surface area contributed by atoms with Gasteiger partial charge in [-0.05, 0) is 120 Å². The highest BCUT2D eigenvalue weighted by molar-refractivity contribution is 6.12. The van der Waals surface area contributed by atoms with Gasteiger partial charge < -0.3 is 15.3 Å². The van der Waals surface area contributed by atoms with Crippen LogP contribution in [-0.4, -0.2) is 58.6 Å². The summed E-state index contributed by atoms with van der Waals surface area (Å²) < 4.78 is 0. The van der Waals surface area contributed by atoms with E-state index in [-0.39, 0.29) is 5.91 Å². The van der Waals surface area contributed by atoms with Crippen molar-refractivity contribution in [1.29, 1.82) is 0 Å². The minimum atomic E-state index is -0.604. The van der Waals surface area contributed by atoms with E-state index >= 15 is 0 Å². The van der Waals surface area contributed by atoms with E-state index in [1.54, 1.807) is 0 Å². The number of rotatable bonds is 8. The van der Waals surface area contributed by atoms with Crippen LogP contribution in [0.15, 0.2) is 47.5 Å². The lowest BCUT2D eigenvalue weighted by Gasteiger charge is -2.39. The van der Waals surface area contributed by atoms with E-state index in [2.05, 4.69) is 54.1 Å². The molecule has 1 atom stereocenters. The number of aliphatic imine (C=N–C) groups is 1. The summed E-state index contributed by atoms with van der Waals surface area (Å²) in [6.45, 7) is 15.6. The van der Waals surface area contributed by atoms with Gasteiger partial charge in [0, 0.05) is 42.3 Å². The van der Waals surface area contributed by atoms with Gasteiger partial charge in [0.25, 0.3) is 5.91 Å². The van der Waals surface area contributed by atoms with Gasteiger partial charge in [0.1, 0.15) is 5.84 Å². The van der Waals surface area contributed by atoms with E-state index in [9.17, 15) is 9.90 Å². The minimum absolute atomic E-state index is 0.148. The van der Waals surface area contributed by atoms with Gasteiger partial charge in [0.2, 0.25) is 0 Å². The number of carbonyl (C=O) groups excluding carboxylic acids is 1. The molecule has 1 saturated carbocycles. The van der Waals surface area contributed by atoms with Crippen LogP contribution in [0.25, 0.3) is 0 Å². The van der Waals surface area contributed by atoms with Gasteiger partial charge in [-0.25, -0.2) is 0 Å². The molecule has 0 radical (unpaired) electrons. The van der Waals surface area contributed by atoms with Crippen LogP contribution < -0.4 is 10.2 Å². The van der Waals surface area contributed by atoms with Crippen molar-refractivity contribution in [2.24, 2.45) is 16.8 Å². The smallest absolute Gasteiger partial charge is 0.278 e. The van der Waals surface area contributed by atoms with E-state index in [1.807, 2.05) is 45.0 Å². The molecule has 0 aromatic heterocycles. The van der Waals surface area contributed by atoms with Crippen molar-refractivity contribution in [3.63, 3.8) is 0 Å². The lowest BCUT2D eigenvalue weighted by atomic mass is 9.81. The number of hydrogen-bond donors (Lipinski definition) is 2. The summed E-state index contributed by atoms with van der Waals surface area (Å²) in [5.41, 5.74) is 4.96. The number of aryl methyl sites for hydroxylation is 1. The Morgan fingerprint density at radius 1 is 1.02 bits per heavy atom. The normalized spacial score (nSPS) is 23.9. The molecule has 5 rings (SSSR count). The lowest BCUT2D eigenvalue weighted by Crippen LogP contribution is -2.45. The molecule has 42 heavy (non-hydrogen) atoms. The maximum Gasteiger partial charge on any atom is 0.278 e. The molecule has 0 bridgehead atoms. The molecule has 2 N–H and O–H groups in total. The summed E-state index contributed by atoms with van der Waals surface area (Å²) in [4.78, 5) is 23.1. The van der Waals surface area contributed by atoms with E-state index < -0.39 is 5.60 Å². The SMILES string of the molecule is Cc1cccc(C(=O)N=C2Cc3ccc(CN4CCC(C(C)(C)O)CC4)cc3N2C2CCC(C(C)NC(C)C)CC2)c1. The molecular formula is C36H52N4O2. The van der Waals surface area contributed by atoms with E-state index in [1.165, 1.54) is 29.7 Å². The standard InChI is InChI=1S/C36H52N4O2/c1-24(2)37-26(4)28-12-14-32(15-13-28)40-33-21-27(23-39-18-16-31(17-19-39)36(5,6)42)10-11-29(33)22-34(40)38-35(41)30-9-7-8-25(3)20-30/h7-11,20-21,24,26,28,31-32,37,42H,12-19,22-23H2,1-6H3. The average molecular weight is 573 g/mol. The molecule has 6 nitrogen and oxygen atoms in total. The van der Waals surface area contributed by atoms with Crippen LogP contribution in [-0.2, 0) is 13.0 Å². The number of hydrogen-bond acceptors (Lipinski definition) is 4. The first-order valence-electron chi connectivity index (χ1n) is 16.3. The Bertz CT molecular complexity index is 1260. The summed E-state index contributed by atoms with van der Waals surface area (Å²) in [6, 6.07) is 16.0. The van der Waals surface area contributed by atoms with Crippen molar-refractivity contribution in [3.8, 4) is 0 Å². The zero-order chi connectivity index (χ0) is 30.0. The number of piperidine rings is 1. The van der Waals surface area contributed by atoms with Crippen molar-refractivity contribution >= 4 is 17.4 Å². The number of fused-ring (bicyclic) bond motifs is 1. The van der Waals surface area contributed by atoms with Crippen molar-refractivity contribution in [2.75, 3.05) is 18.0 Å². The Kier molecular flexibility index (Phi) is 9.56. The van der Waals surface area contributed by atoms with Crippen LogP contribution in [0, 0.1) is 18.8 Å². The molecule has 1 saturated heterocycles. The molecule has 1 unspecified atom stereocenters. The summed E-state index contributed by atoms with van der Waals surface area (Å²) in [6.07, 6.45) is 7.37. The molecule has 2 aromatic rings. The number of aliphatic hydroxyl groups is 1. The monoisotopic (exact) mass is 572 g/mol. The number of likely N-dealkylation sites (tertiary alicyclic amines) is 1. The predicted octanol–water partition coefficient (Wildman–Crippen LogP) is 6.52. The second kappa shape index (κ2) is 13.0. The topological polar surface area (TPSA) is 68.2 Å². The number of nitrogens with zero attached hydrogens (tertiary/aromatic N) is 3. The Morgan fingerprint density at radius 2 is 1.74 bits per heavy atom. The zero-order valence-electron chi connectivity index (χ0n) is 26.7. The number of benzene rings is 2. The summed E-state index contributed by atoms with van der Waals surface area (Å²) >= 11 is 0. The summed E-state index contributed by atoms with van der Waals surface area (Å²) in [5, 5.41) is 14.2. The first kappa shape index (κ1) is 30.9. The largest absolute Gasteiger partial charge is 0.390 e. The highest BCUT2D eigenvalue weighted by atomic mass is 16.3. The van der Waals surface area contributed by atoms with Gasteiger partial charge >= 0.3 is 0 Å². The molecule has 2 fully saturated rings. The van der Waals surface area contributed by atoms with Crippen LogP contribution in [0.2, 0.25) is 0 Å². The minimum Gasteiger partial charge on any atom is -0.390 e. The molecule has 0 spiro atoms. The Labute approximate surface area is 253 Å². The molecule has 2 aliphatic heterocycles. The molecule has 2 heterocycles. The number of amidine groups is 1. The number of carbonyl (C=O) groups is 1. The highest BCUT2D eigenvalue weighted by Gasteiger charge is 2.36. The van der Waals surface area contributed by atoms with Gasteiger partial charge in [-0.1, -0.05) is 43.7 Å². The Hall–Kier alpha value is -2.54. The molecule has 1 amide bonds. The van der Waals surface area contributed by atoms with Gasteiger partial charge in [-0.15, -0.1) is 0 Å². The predicted molar refractivity (Wildman–Crippen MR) is 173 cm³/mol. The third kappa shape index (κ3) is 7.32. The fourth-order valence-electron chi connectivity index (χ4n) is 7.51. The number of nitrogens with one attached hydrogen (secondary N) is 1. The number of amides is 1. The van der Waals surface area contributed by atoms with Crippen LogP contribution >= 0.6 is 0 Å². The molecular weight excluding hydrogens is 520 g/mol. The van der Waals surface area contributed by atoms with Gasteiger partial charge in [-0.2, -0.15) is 4.99 Å². The third-order valence-electron chi connectivity index (χ3n) is 9.93. The van der Waals surface area contributed by atoms with Crippen LogP contribution in [0.4, 0.5) is 5.69 Å². The van der Waals surface area contributed by atoms with Crippen LogP contribution in [0.3, 0.4) is 0 Å². The zero-order valence-corrected chi connectivity index (χ0v) is 26.7. The first-order chi connectivity index (χ1) is 20.0. The third-order valence-corrected chi connectivity index (χ3v) is 9.93. The molecule has 6 heteroatoms. The maximum absolute atomic E-state index is 13.4. The van der Waals surface area contributed by atoms with Crippen molar-refractivity contribution in [3.05, 3.63) is 64.7 Å². The Balaban J connectivity index is 1.36. The van der Waals surface area contributed by atoms with Crippen molar-refractivity contribution in [2.45, 2.75) is 117 Å². The average Bonchev–Trinajstić information content (AvgIpc) is 3.29. The second-order valence-electron chi connectivity index (χ2n) is 14.1. The van der Waals surface area contributed by atoms with E-state index in [4.69, 9.17) is 4.99 Å². The van der Waals surface area contributed by atoms with Crippen LogP contribution in [0.5, 0.6) is 0 Å². The Morgan fingerprint density at radius 3 is 2.38 bits per heavy atom. The maximum atomic E-state index is 13.4. The van der Waals surface area contributed by atoms with Crippen LogP contribution in [0.1, 0.15) is 100 Å². The first-order valence-corrected chi connectivity index (χ1v) is 16.3. The van der Waals surface area contributed by atoms with Gasteiger partial charge in [0.05, 0.1) is 5.60 Å². The quantitative estimate of drug-likeness (QED) is 0.377. The van der Waals surface area contributed by atoms with Crippen molar-refractivity contribution in [1.82, 2.24) is 10.2 Å². The highest BCUT2D eigenvalue weighted by Crippen LogP contribution is 2.39. The fraction of sp³-hybridized carbons (Fsp3) is 0.611. The summed E-state index contributed by atoms with van der Waals surface area (Å²) in [5.74, 6) is 1.79. The number of anilines is 1. The second-order valence-corrected chi connectivity index (χ2v) is 14.1. The molecule has 2 aromatic carbocycles. The van der Waals surface area contributed by atoms with Gasteiger partial charge in [0.15, 0.2) is 0 Å². The molecule has 228 valence electrons. The lowest BCUT2D eigenvalue weighted by molar-refractivity contribution is -0.0136. The van der Waals surface area contributed by atoms with Gasteiger partial charge in [-0.3, -0.25) is 9.69 Å². The fourth-order valence-corrected chi connectivity index (χ4v) is 7.51.